The first kappa shape index (κ1) is 29.5. The average Bonchev–Trinajstić information content (AvgIpc) is 3.41. The fourth-order valence-corrected chi connectivity index (χ4v) is 6.46. The molecule has 4 aromatic rings. The standard InChI is InChI=1S/C33H34N6O7/c1-43-22-6-3-20(4-7-22)18-38-31(41)19-45-27-11-12-29(36-32(27)38)39-25-10-5-21(15-28(25)46-33(39)42)34-13-14-37-26-16-23(44-2)8-9-24(26)35-17-30(37)40/h3-4,6-9,11-12,16-17,21,25,28,34H,5,10,13-15,18-19H2,1-2H3/t21-,25-,28+/m0/s1. The third kappa shape index (κ3) is 5.58. The fourth-order valence-electron chi connectivity index (χ4n) is 6.46. The number of carbonyl (C=O) groups excluding carboxylic acids is 2. The molecule has 1 N–H and O–H groups in total. The summed E-state index contributed by atoms with van der Waals surface area (Å²) in [5.74, 6) is 2.43. The van der Waals surface area contributed by atoms with Crippen LogP contribution >= 0.6 is 0 Å². The van der Waals surface area contributed by atoms with E-state index >= 15 is 0 Å². The van der Waals surface area contributed by atoms with Crippen molar-refractivity contribution in [3.63, 3.8) is 0 Å². The van der Waals surface area contributed by atoms with Gasteiger partial charge >= 0.3 is 6.09 Å². The number of ether oxygens (including phenoxy) is 4. The van der Waals surface area contributed by atoms with E-state index in [1.165, 1.54) is 6.20 Å². The molecule has 2 aromatic heterocycles. The Balaban J connectivity index is 1.03. The lowest BCUT2D eigenvalue weighted by atomic mass is 9.88. The molecule has 13 heteroatoms. The normalized spacial score (nSPS) is 20.6. The van der Waals surface area contributed by atoms with Gasteiger partial charge in [-0.05, 0) is 54.8 Å². The molecule has 1 saturated heterocycles. The van der Waals surface area contributed by atoms with E-state index in [1.807, 2.05) is 42.5 Å². The van der Waals surface area contributed by atoms with Gasteiger partial charge in [-0.1, -0.05) is 12.1 Å². The van der Waals surface area contributed by atoms with Crippen molar-refractivity contribution in [2.45, 2.75) is 50.5 Å². The maximum atomic E-state index is 13.2. The Kier molecular flexibility index (Phi) is 7.91. The lowest BCUT2D eigenvalue weighted by Gasteiger charge is -2.34. The van der Waals surface area contributed by atoms with Crippen LogP contribution in [0.25, 0.3) is 11.0 Å². The third-order valence-electron chi connectivity index (χ3n) is 8.84. The highest BCUT2D eigenvalue weighted by Gasteiger charge is 2.47. The molecule has 3 atom stereocenters. The zero-order valence-corrected chi connectivity index (χ0v) is 25.5. The summed E-state index contributed by atoms with van der Waals surface area (Å²) in [5, 5.41) is 3.55. The maximum absolute atomic E-state index is 13.2. The van der Waals surface area contributed by atoms with Crippen LogP contribution in [-0.2, 0) is 22.6 Å². The van der Waals surface area contributed by atoms with Crippen molar-refractivity contribution in [2.75, 3.05) is 37.2 Å². The first-order chi connectivity index (χ1) is 22.4. The van der Waals surface area contributed by atoms with Gasteiger partial charge in [0.25, 0.3) is 11.5 Å². The van der Waals surface area contributed by atoms with Gasteiger partial charge in [0, 0.05) is 31.6 Å². The Bertz CT molecular complexity index is 1850. The second kappa shape index (κ2) is 12.3. The number of anilines is 2. The molecule has 2 aliphatic heterocycles. The summed E-state index contributed by atoms with van der Waals surface area (Å²) in [6, 6.07) is 16.3. The molecule has 13 nitrogen and oxygen atoms in total. The van der Waals surface area contributed by atoms with Gasteiger partial charge in [0.1, 0.15) is 23.4 Å². The number of benzene rings is 2. The molecule has 46 heavy (non-hydrogen) atoms. The van der Waals surface area contributed by atoms with Crippen LogP contribution in [0.1, 0.15) is 24.8 Å². The van der Waals surface area contributed by atoms with Crippen molar-refractivity contribution in [1.82, 2.24) is 19.9 Å². The Hall–Kier alpha value is -5.17. The highest BCUT2D eigenvalue weighted by molar-refractivity contribution is 5.97. The quantitative estimate of drug-likeness (QED) is 0.295. The van der Waals surface area contributed by atoms with Crippen molar-refractivity contribution in [2.24, 2.45) is 0 Å². The number of nitrogens with zero attached hydrogens (tertiary/aromatic N) is 5. The SMILES string of the molecule is COc1ccc(CN2C(=O)COc3ccc(N4C(=O)O[C@@H]5C[C@@H](NCCn6c(=O)cnc7ccc(OC)cc76)CC[C@@H]54)nc32)cc1. The van der Waals surface area contributed by atoms with Gasteiger partial charge in [0.05, 0.1) is 44.0 Å². The second-order valence-corrected chi connectivity index (χ2v) is 11.5. The zero-order valence-electron chi connectivity index (χ0n) is 25.5. The molecule has 0 bridgehead atoms. The van der Waals surface area contributed by atoms with Crippen LogP contribution in [0.4, 0.5) is 16.4 Å². The molecular formula is C33H34N6O7. The Labute approximate surface area is 264 Å². The van der Waals surface area contributed by atoms with E-state index < -0.39 is 6.09 Å². The van der Waals surface area contributed by atoms with E-state index in [2.05, 4.69) is 10.3 Å². The van der Waals surface area contributed by atoms with E-state index in [-0.39, 0.29) is 36.3 Å². The molecule has 2 fully saturated rings. The van der Waals surface area contributed by atoms with Crippen LogP contribution < -0.4 is 34.9 Å². The van der Waals surface area contributed by atoms with Gasteiger partial charge in [-0.15, -0.1) is 0 Å². The summed E-state index contributed by atoms with van der Waals surface area (Å²) in [6.07, 6.45) is 2.69. The van der Waals surface area contributed by atoms with Crippen molar-refractivity contribution in [1.29, 1.82) is 0 Å². The maximum Gasteiger partial charge on any atom is 0.416 e. The minimum absolute atomic E-state index is 0.0881. The first-order valence-electron chi connectivity index (χ1n) is 15.3. The van der Waals surface area contributed by atoms with Crippen LogP contribution in [0.2, 0.25) is 0 Å². The summed E-state index contributed by atoms with van der Waals surface area (Å²) in [5.41, 5.74) is 2.15. The molecular weight excluding hydrogens is 592 g/mol. The number of methoxy groups -OCH3 is 2. The Morgan fingerprint density at radius 1 is 0.978 bits per heavy atom. The van der Waals surface area contributed by atoms with E-state index in [9.17, 15) is 14.4 Å². The number of pyridine rings is 1. The summed E-state index contributed by atoms with van der Waals surface area (Å²) < 4.78 is 23.8. The molecule has 2 aromatic carbocycles. The van der Waals surface area contributed by atoms with Crippen LogP contribution in [0.15, 0.2) is 65.6 Å². The highest BCUT2D eigenvalue weighted by atomic mass is 16.6. The fraction of sp³-hybridized carbons (Fsp3) is 0.364. The lowest BCUT2D eigenvalue weighted by molar-refractivity contribution is -0.121. The number of hydrogen-bond donors (Lipinski definition) is 1. The van der Waals surface area contributed by atoms with Crippen LogP contribution in [0.3, 0.4) is 0 Å². The van der Waals surface area contributed by atoms with E-state index in [0.717, 1.165) is 23.3 Å². The van der Waals surface area contributed by atoms with Gasteiger partial charge < -0.3 is 28.8 Å². The Morgan fingerprint density at radius 2 is 1.78 bits per heavy atom. The number of nitrogens with one attached hydrogen (secondary N) is 1. The number of carbonyl (C=O) groups is 2. The number of aromatic nitrogens is 3. The molecule has 4 heterocycles. The molecule has 7 rings (SSSR count). The van der Waals surface area contributed by atoms with Crippen molar-refractivity contribution in [3.05, 3.63) is 76.7 Å². The molecule has 0 spiro atoms. The lowest BCUT2D eigenvalue weighted by Crippen LogP contribution is -2.47. The summed E-state index contributed by atoms with van der Waals surface area (Å²) >= 11 is 0. The molecule has 1 saturated carbocycles. The molecule has 1 aliphatic carbocycles. The number of hydrogen-bond acceptors (Lipinski definition) is 10. The topological polar surface area (TPSA) is 137 Å². The highest BCUT2D eigenvalue weighted by Crippen LogP contribution is 2.39. The molecule has 0 unspecified atom stereocenters. The van der Waals surface area contributed by atoms with Crippen LogP contribution in [0, 0.1) is 0 Å². The zero-order chi connectivity index (χ0) is 31.8. The molecule has 3 aliphatic rings. The monoisotopic (exact) mass is 626 g/mol. The van der Waals surface area contributed by atoms with E-state index in [4.69, 9.17) is 23.9 Å². The smallest absolute Gasteiger partial charge is 0.416 e. The first-order valence-corrected chi connectivity index (χ1v) is 15.3. The molecule has 2 amide bonds. The van der Waals surface area contributed by atoms with Crippen molar-refractivity contribution in [3.8, 4) is 17.2 Å². The van der Waals surface area contributed by atoms with Crippen LogP contribution in [-0.4, -0.2) is 72.1 Å². The van der Waals surface area contributed by atoms with E-state index in [1.54, 1.807) is 40.7 Å². The molecule has 238 valence electrons. The van der Waals surface area contributed by atoms with E-state index in [0.29, 0.717) is 61.1 Å². The van der Waals surface area contributed by atoms with Crippen molar-refractivity contribution < 1.29 is 28.5 Å². The largest absolute Gasteiger partial charge is 0.497 e. The van der Waals surface area contributed by atoms with Gasteiger partial charge in [0.2, 0.25) is 0 Å². The predicted octanol–water partition coefficient (Wildman–Crippen LogP) is 3.27. The minimum Gasteiger partial charge on any atom is -0.497 e. The number of fused-ring (bicyclic) bond motifs is 3. The minimum atomic E-state index is -0.461. The summed E-state index contributed by atoms with van der Waals surface area (Å²) in [6.45, 7) is 1.22. The van der Waals surface area contributed by atoms with Gasteiger partial charge in [0.15, 0.2) is 18.2 Å². The van der Waals surface area contributed by atoms with Gasteiger partial charge in [-0.3, -0.25) is 19.4 Å². The number of rotatable bonds is 9. The average molecular weight is 627 g/mol. The van der Waals surface area contributed by atoms with Gasteiger partial charge in [-0.25, -0.2) is 14.8 Å². The van der Waals surface area contributed by atoms with Crippen LogP contribution in [0.5, 0.6) is 17.2 Å². The predicted molar refractivity (Wildman–Crippen MR) is 169 cm³/mol. The Morgan fingerprint density at radius 3 is 2.59 bits per heavy atom. The molecule has 0 radical (unpaired) electrons. The summed E-state index contributed by atoms with van der Waals surface area (Å²) in [4.78, 5) is 51.0. The third-order valence-corrected chi connectivity index (χ3v) is 8.84. The van der Waals surface area contributed by atoms with Gasteiger partial charge in [-0.2, -0.15) is 0 Å². The number of amides is 2. The second-order valence-electron chi connectivity index (χ2n) is 11.5. The summed E-state index contributed by atoms with van der Waals surface area (Å²) in [7, 11) is 3.19. The van der Waals surface area contributed by atoms with Crippen molar-refractivity contribution >= 4 is 34.7 Å².